The first-order valence-corrected chi connectivity index (χ1v) is 7.86. The molecule has 0 saturated carbocycles. The number of nitrogens with zero attached hydrogens (tertiary/aromatic N) is 2. The third kappa shape index (κ3) is 6.82. The largest absolute Gasteiger partial charge is 0.357 e. The zero-order chi connectivity index (χ0) is 16.5. The Hall–Kier alpha value is -1.70. The summed E-state index contributed by atoms with van der Waals surface area (Å²) in [6, 6.07) is 10.6. The average Bonchev–Trinajstić information content (AvgIpc) is 2.54. The lowest BCUT2D eigenvalue weighted by Gasteiger charge is -2.11. The second kappa shape index (κ2) is 11.0. The van der Waals surface area contributed by atoms with Gasteiger partial charge in [-0.15, -0.1) is 24.0 Å². The number of hydrogen-bond acceptors (Lipinski definition) is 2. The summed E-state index contributed by atoms with van der Waals surface area (Å²) in [7, 11) is 0. The lowest BCUT2D eigenvalue weighted by Crippen LogP contribution is -2.38. The van der Waals surface area contributed by atoms with Gasteiger partial charge in [-0.1, -0.05) is 18.2 Å². The molecule has 0 aliphatic rings. The standard InChI is InChI=1S/C18H23FN4.HI/c1-3-20-18(23-13-17-14(2)6-5-10-21-17)22-11-9-15-7-4-8-16(19)12-15;/h4-8,10,12H,3,9,11,13H2,1-2H3,(H2,20,22,23);1H. The van der Waals surface area contributed by atoms with E-state index in [0.29, 0.717) is 13.1 Å². The molecule has 1 aromatic carbocycles. The molecule has 24 heavy (non-hydrogen) atoms. The van der Waals surface area contributed by atoms with Crippen molar-refractivity contribution in [2.45, 2.75) is 26.8 Å². The van der Waals surface area contributed by atoms with Gasteiger partial charge < -0.3 is 10.6 Å². The van der Waals surface area contributed by atoms with Gasteiger partial charge in [0.1, 0.15) is 5.82 Å². The van der Waals surface area contributed by atoms with Crippen molar-refractivity contribution in [2.75, 3.05) is 13.1 Å². The van der Waals surface area contributed by atoms with E-state index in [-0.39, 0.29) is 29.8 Å². The molecular weight excluding hydrogens is 418 g/mol. The fraction of sp³-hybridized carbons (Fsp3) is 0.333. The quantitative estimate of drug-likeness (QED) is 0.410. The molecule has 0 amide bonds. The van der Waals surface area contributed by atoms with Gasteiger partial charge in [-0.25, -0.2) is 9.38 Å². The summed E-state index contributed by atoms with van der Waals surface area (Å²) in [5, 5.41) is 6.47. The van der Waals surface area contributed by atoms with Crippen LogP contribution in [0.15, 0.2) is 47.6 Å². The van der Waals surface area contributed by atoms with Gasteiger partial charge >= 0.3 is 0 Å². The Morgan fingerprint density at radius 1 is 1.21 bits per heavy atom. The molecule has 0 aliphatic heterocycles. The lowest BCUT2D eigenvalue weighted by molar-refractivity contribution is 0.625. The van der Waals surface area contributed by atoms with Crippen molar-refractivity contribution in [3.63, 3.8) is 0 Å². The Morgan fingerprint density at radius 3 is 2.75 bits per heavy atom. The zero-order valence-corrected chi connectivity index (χ0v) is 16.4. The van der Waals surface area contributed by atoms with Crippen LogP contribution in [-0.4, -0.2) is 24.0 Å². The van der Waals surface area contributed by atoms with Gasteiger partial charge in [-0.05, 0) is 49.6 Å². The molecule has 1 aromatic heterocycles. The topological polar surface area (TPSA) is 49.3 Å². The third-order valence-electron chi connectivity index (χ3n) is 3.44. The van der Waals surface area contributed by atoms with Gasteiger partial charge in [0.25, 0.3) is 0 Å². The Balaban J connectivity index is 0.00000288. The number of rotatable bonds is 6. The van der Waals surface area contributed by atoms with E-state index in [4.69, 9.17) is 0 Å². The molecule has 0 spiro atoms. The normalized spacial score (nSPS) is 10.9. The first-order valence-electron chi connectivity index (χ1n) is 7.86. The monoisotopic (exact) mass is 442 g/mol. The molecule has 0 aliphatic carbocycles. The van der Waals surface area contributed by atoms with Crippen LogP contribution < -0.4 is 10.6 Å². The molecular formula is C18H24FIN4. The first-order chi connectivity index (χ1) is 11.2. The summed E-state index contributed by atoms with van der Waals surface area (Å²) >= 11 is 0. The van der Waals surface area contributed by atoms with Crippen molar-refractivity contribution < 1.29 is 4.39 Å². The smallest absolute Gasteiger partial charge is 0.191 e. The number of nitrogens with one attached hydrogen (secondary N) is 2. The third-order valence-corrected chi connectivity index (χ3v) is 3.44. The number of pyridine rings is 1. The number of halogens is 2. The van der Waals surface area contributed by atoms with Crippen LogP contribution in [0.1, 0.15) is 23.7 Å². The minimum absolute atomic E-state index is 0. The molecule has 130 valence electrons. The first kappa shape index (κ1) is 20.3. The minimum Gasteiger partial charge on any atom is -0.357 e. The summed E-state index contributed by atoms with van der Waals surface area (Å²) < 4.78 is 13.2. The predicted molar refractivity (Wildman–Crippen MR) is 107 cm³/mol. The van der Waals surface area contributed by atoms with E-state index in [1.807, 2.05) is 32.0 Å². The van der Waals surface area contributed by atoms with Crippen molar-refractivity contribution in [2.24, 2.45) is 4.99 Å². The number of aliphatic imine (C=N–C) groups is 1. The van der Waals surface area contributed by atoms with Gasteiger partial charge in [0.05, 0.1) is 12.2 Å². The number of benzene rings is 1. The van der Waals surface area contributed by atoms with Crippen LogP contribution in [0.5, 0.6) is 0 Å². The van der Waals surface area contributed by atoms with Crippen molar-refractivity contribution >= 4 is 29.9 Å². The van der Waals surface area contributed by atoms with Gasteiger partial charge in [0, 0.05) is 19.3 Å². The van der Waals surface area contributed by atoms with Gasteiger partial charge in [-0.2, -0.15) is 0 Å². The van der Waals surface area contributed by atoms with Gasteiger partial charge in [0.2, 0.25) is 0 Å². The van der Waals surface area contributed by atoms with E-state index < -0.39 is 0 Å². The van der Waals surface area contributed by atoms with E-state index in [1.165, 1.54) is 6.07 Å². The molecule has 0 saturated heterocycles. The fourth-order valence-corrected chi connectivity index (χ4v) is 2.20. The van der Waals surface area contributed by atoms with Crippen molar-refractivity contribution in [1.29, 1.82) is 0 Å². The summed E-state index contributed by atoms with van der Waals surface area (Å²) in [6.07, 6.45) is 2.52. The van der Waals surface area contributed by atoms with Crippen molar-refractivity contribution in [3.05, 3.63) is 65.2 Å². The van der Waals surface area contributed by atoms with Crippen LogP contribution in [-0.2, 0) is 13.0 Å². The van der Waals surface area contributed by atoms with E-state index in [0.717, 1.165) is 35.7 Å². The summed E-state index contributed by atoms with van der Waals surface area (Å²) in [6.45, 7) is 6.06. The van der Waals surface area contributed by atoms with Gasteiger partial charge in [0.15, 0.2) is 5.96 Å². The highest BCUT2D eigenvalue weighted by Gasteiger charge is 2.01. The molecule has 0 radical (unpaired) electrons. The Morgan fingerprint density at radius 2 is 2.04 bits per heavy atom. The van der Waals surface area contributed by atoms with Crippen molar-refractivity contribution in [1.82, 2.24) is 15.6 Å². The molecule has 0 atom stereocenters. The Kier molecular flexibility index (Phi) is 9.29. The van der Waals surface area contributed by atoms with E-state index in [1.54, 1.807) is 18.3 Å². The zero-order valence-electron chi connectivity index (χ0n) is 14.1. The fourth-order valence-electron chi connectivity index (χ4n) is 2.20. The summed E-state index contributed by atoms with van der Waals surface area (Å²) in [4.78, 5) is 8.89. The van der Waals surface area contributed by atoms with Crippen molar-refractivity contribution in [3.8, 4) is 0 Å². The molecule has 2 N–H and O–H groups in total. The maximum atomic E-state index is 13.2. The van der Waals surface area contributed by atoms with Crippen LogP contribution in [0.3, 0.4) is 0 Å². The van der Waals surface area contributed by atoms with E-state index in [2.05, 4.69) is 20.6 Å². The lowest BCUT2D eigenvalue weighted by atomic mass is 10.1. The van der Waals surface area contributed by atoms with Crippen LogP contribution in [0.2, 0.25) is 0 Å². The molecule has 4 nitrogen and oxygen atoms in total. The van der Waals surface area contributed by atoms with Crippen LogP contribution >= 0.6 is 24.0 Å². The molecule has 0 fully saturated rings. The number of hydrogen-bond donors (Lipinski definition) is 2. The second-order valence-corrected chi connectivity index (χ2v) is 5.27. The summed E-state index contributed by atoms with van der Waals surface area (Å²) in [5.41, 5.74) is 3.07. The van der Waals surface area contributed by atoms with E-state index in [9.17, 15) is 4.39 Å². The maximum absolute atomic E-state index is 13.2. The molecule has 0 bridgehead atoms. The molecule has 6 heteroatoms. The Labute approximate surface area is 160 Å². The van der Waals surface area contributed by atoms with Crippen LogP contribution in [0.4, 0.5) is 4.39 Å². The predicted octanol–water partition coefficient (Wildman–Crippen LogP) is 3.44. The summed E-state index contributed by atoms with van der Waals surface area (Å²) in [5.74, 6) is 0.544. The molecule has 1 heterocycles. The second-order valence-electron chi connectivity index (χ2n) is 5.27. The number of aryl methyl sites for hydroxylation is 1. The molecule has 0 unspecified atom stereocenters. The number of aromatic nitrogens is 1. The van der Waals surface area contributed by atoms with E-state index >= 15 is 0 Å². The molecule has 2 aromatic rings. The van der Waals surface area contributed by atoms with Crippen LogP contribution in [0.25, 0.3) is 0 Å². The highest BCUT2D eigenvalue weighted by Crippen LogP contribution is 2.05. The SMILES string of the molecule is CCNC(=NCc1ncccc1C)NCCc1cccc(F)c1.I. The van der Waals surface area contributed by atoms with Crippen LogP contribution in [0, 0.1) is 12.7 Å². The van der Waals surface area contributed by atoms with Gasteiger partial charge in [-0.3, -0.25) is 4.98 Å². The highest BCUT2D eigenvalue weighted by molar-refractivity contribution is 14.0. The highest BCUT2D eigenvalue weighted by atomic mass is 127. The minimum atomic E-state index is -0.200. The number of guanidine groups is 1. The molecule has 2 rings (SSSR count). The average molecular weight is 442 g/mol. The Bertz CT molecular complexity index is 661. The maximum Gasteiger partial charge on any atom is 0.191 e.